The number of hydrogen-bond donors (Lipinski definition) is 0. The second kappa shape index (κ2) is 8.56. The van der Waals surface area contributed by atoms with Gasteiger partial charge in [-0.05, 0) is 54.5 Å². The molecule has 2 heterocycles. The number of Topliss-reactive ketones (excluding diaryl/α,β-unsaturated/α-hetero) is 1. The maximum atomic E-state index is 12.9. The lowest BCUT2D eigenvalue weighted by Crippen LogP contribution is -2.07. The minimum absolute atomic E-state index is 0.0230. The molecule has 1 aliphatic rings. The summed E-state index contributed by atoms with van der Waals surface area (Å²) in [5.41, 5.74) is 2.12. The highest BCUT2D eigenvalue weighted by Gasteiger charge is 2.30. The lowest BCUT2D eigenvalue weighted by atomic mass is 10.0. The summed E-state index contributed by atoms with van der Waals surface area (Å²) in [6.45, 7) is 1.74. The third-order valence-electron chi connectivity index (χ3n) is 5.32. The zero-order chi connectivity index (χ0) is 24.0. The first-order valence-corrected chi connectivity index (χ1v) is 10.9. The summed E-state index contributed by atoms with van der Waals surface area (Å²) in [6.07, 6.45) is 1.58. The van der Waals surface area contributed by atoms with Gasteiger partial charge in [-0.15, -0.1) is 0 Å². The van der Waals surface area contributed by atoms with Gasteiger partial charge in [0.05, 0.1) is 22.7 Å². The molecule has 0 spiro atoms. The van der Waals surface area contributed by atoms with Crippen molar-refractivity contribution in [1.29, 1.82) is 0 Å². The van der Waals surface area contributed by atoms with E-state index in [1.54, 1.807) is 61.5 Å². The fraction of sp³-hybridized carbons (Fsp3) is 0.0769. The van der Waals surface area contributed by atoms with E-state index in [2.05, 4.69) is 0 Å². The van der Waals surface area contributed by atoms with Crippen molar-refractivity contribution in [2.24, 2.45) is 0 Å². The van der Waals surface area contributed by atoms with E-state index in [-0.39, 0.29) is 23.1 Å². The molecule has 4 aromatic rings. The number of halogens is 2. The van der Waals surface area contributed by atoms with Crippen LogP contribution in [0.4, 0.5) is 0 Å². The van der Waals surface area contributed by atoms with E-state index in [0.29, 0.717) is 49.2 Å². The predicted octanol–water partition coefficient (Wildman–Crippen LogP) is 6.89. The summed E-state index contributed by atoms with van der Waals surface area (Å²) in [5, 5.41) is 1.49. The number of para-hydroxylation sites is 1. The van der Waals surface area contributed by atoms with Crippen LogP contribution in [0.15, 0.2) is 64.8 Å². The molecule has 0 amide bonds. The van der Waals surface area contributed by atoms with E-state index < -0.39 is 5.97 Å². The van der Waals surface area contributed by atoms with Crippen molar-refractivity contribution >= 4 is 52.0 Å². The van der Waals surface area contributed by atoms with Crippen LogP contribution in [0.3, 0.4) is 0 Å². The molecular formula is C26H16Cl2O6. The van der Waals surface area contributed by atoms with Gasteiger partial charge in [-0.3, -0.25) is 4.79 Å². The molecule has 170 valence electrons. The Morgan fingerprint density at radius 1 is 1.03 bits per heavy atom. The molecule has 8 heteroatoms. The largest absolute Gasteiger partial charge is 0.493 e. The number of ketones is 1. The summed E-state index contributed by atoms with van der Waals surface area (Å²) in [6, 6.07) is 15.0. The van der Waals surface area contributed by atoms with E-state index in [4.69, 9.17) is 41.8 Å². The molecule has 5 rings (SSSR count). The van der Waals surface area contributed by atoms with Crippen LogP contribution in [0.1, 0.15) is 32.0 Å². The van der Waals surface area contributed by atoms with Gasteiger partial charge in [-0.25, -0.2) is 4.79 Å². The maximum Gasteiger partial charge on any atom is 0.379 e. The van der Waals surface area contributed by atoms with Gasteiger partial charge < -0.3 is 18.6 Å². The lowest BCUT2D eigenvalue weighted by Gasteiger charge is -2.06. The number of hydrogen-bond acceptors (Lipinski definition) is 6. The van der Waals surface area contributed by atoms with Crippen LogP contribution in [-0.4, -0.2) is 18.9 Å². The van der Waals surface area contributed by atoms with E-state index >= 15 is 0 Å². The molecule has 1 aromatic heterocycles. The zero-order valence-corrected chi connectivity index (χ0v) is 19.5. The van der Waals surface area contributed by atoms with Crippen molar-refractivity contribution in [2.45, 2.75) is 6.92 Å². The molecule has 0 radical (unpaired) electrons. The van der Waals surface area contributed by atoms with Crippen LogP contribution in [0, 0.1) is 6.92 Å². The smallest absolute Gasteiger partial charge is 0.379 e. The summed E-state index contributed by atoms with van der Waals surface area (Å²) in [5.74, 6) is 0.217. The molecule has 34 heavy (non-hydrogen) atoms. The van der Waals surface area contributed by atoms with Gasteiger partial charge >= 0.3 is 5.97 Å². The molecule has 0 fully saturated rings. The highest BCUT2D eigenvalue weighted by Crippen LogP contribution is 2.38. The number of esters is 1. The van der Waals surface area contributed by atoms with Crippen molar-refractivity contribution in [3.05, 3.63) is 92.9 Å². The van der Waals surface area contributed by atoms with Crippen molar-refractivity contribution in [1.82, 2.24) is 0 Å². The molecule has 0 atom stereocenters. The number of furan rings is 1. The molecule has 0 saturated carbocycles. The zero-order valence-electron chi connectivity index (χ0n) is 18.0. The van der Waals surface area contributed by atoms with Crippen LogP contribution >= 0.6 is 23.2 Å². The fourth-order valence-electron chi connectivity index (χ4n) is 3.74. The molecule has 3 aromatic carbocycles. The third-order valence-corrected chi connectivity index (χ3v) is 6.06. The maximum absolute atomic E-state index is 12.9. The third kappa shape index (κ3) is 3.91. The Bertz CT molecular complexity index is 1520. The first-order chi connectivity index (χ1) is 16.3. The number of allylic oxidation sites excluding steroid dienone is 1. The molecule has 0 bridgehead atoms. The molecule has 6 nitrogen and oxygen atoms in total. The molecule has 0 unspecified atom stereocenters. The molecular weight excluding hydrogens is 479 g/mol. The Morgan fingerprint density at radius 3 is 2.62 bits per heavy atom. The summed E-state index contributed by atoms with van der Waals surface area (Å²) >= 11 is 12.0. The van der Waals surface area contributed by atoms with Crippen molar-refractivity contribution in [3.63, 3.8) is 0 Å². The minimum Gasteiger partial charge on any atom is -0.493 e. The first-order valence-electron chi connectivity index (χ1n) is 10.2. The number of carbonyl (C=O) groups is 2. The topological polar surface area (TPSA) is 75.0 Å². The Balaban J connectivity index is 1.41. The molecule has 0 N–H and O–H groups in total. The lowest BCUT2D eigenvalue weighted by molar-refractivity contribution is 0.0703. The van der Waals surface area contributed by atoms with Gasteiger partial charge in [0.15, 0.2) is 17.1 Å². The number of ether oxygens (including phenoxy) is 3. The first kappa shape index (κ1) is 22.1. The van der Waals surface area contributed by atoms with Gasteiger partial charge in [0.25, 0.3) is 0 Å². The average Bonchev–Trinajstić information content (AvgIpc) is 3.38. The predicted molar refractivity (Wildman–Crippen MR) is 128 cm³/mol. The number of carbonyl (C=O) groups excluding carboxylic acids is 2. The van der Waals surface area contributed by atoms with Gasteiger partial charge in [0.1, 0.15) is 11.5 Å². The number of aryl methyl sites for hydroxylation is 1. The van der Waals surface area contributed by atoms with E-state index in [9.17, 15) is 9.59 Å². The summed E-state index contributed by atoms with van der Waals surface area (Å²) in [7, 11) is 1.52. The summed E-state index contributed by atoms with van der Waals surface area (Å²) in [4.78, 5) is 25.6. The SMILES string of the molecule is COc1cccc2cc(C(=O)Oc3cc(C)c4c(c3)O/C(=C\c3ccc(Cl)c(Cl)c3)C4=O)oc12. The molecule has 0 saturated heterocycles. The van der Waals surface area contributed by atoms with Crippen molar-refractivity contribution in [2.75, 3.05) is 7.11 Å². The number of rotatable bonds is 4. The fourth-order valence-corrected chi connectivity index (χ4v) is 4.05. The Hall–Kier alpha value is -3.74. The van der Waals surface area contributed by atoms with Gasteiger partial charge in [0.2, 0.25) is 11.5 Å². The van der Waals surface area contributed by atoms with Crippen molar-refractivity contribution in [3.8, 4) is 17.2 Å². The van der Waals surface area contributed by atoms with Crippen LogP contribution < -0.4 is 14.2 Å². The number of benzene rings is 3. The molecule has 1 aliphatic heterocycles. The molecule has 0 aliphatic carbocycles. The number of fused-ring (bicyclic) bond motifs is 2. The summed E-state index contributed by atoms with van der Waals surface area (Å²) < 4.78 is 22.2. The van der Waals surface area contributed by atoms with Crippen LogP contribution in [-0.2, 0) is 0 Å². The quantitative estimate of drug-likeness (QED) is 0.174. The standard InChI is InChI=1S/C26H16Cl2O6/c1-13-8-16(32-26(30)22-11-15-4-3-5-19(31-2)25(15)34-22)12-20-23(13)24(29)21(33-20)10-14-6-7-17(27)18(28)9-14/h3-12H,1-2H3/b21-10-. The van der Waals surface area contributed by atoms with Crippen LogP contribution in [0.2, 0.25) is 10.0 Å². The highest BCUT2D eigenvalue weighted by atomic mass is 35.5. The normalized spacial score (nSPS) is 13.8. The van der Waals surface area contributed by atoms with Gasteiger partial charge in [-0.1, -0.05) is 41.4 Å². The Morgan fingerprint density at radius 2 is 1.85 bits per heavy atom. The van der Waals surface area contributed by atoms with Crippen LogP contribution in [0.5, 0.6) is 17.2 Å². The Labute approximate surface area is 204 Å². The van der Waals surface area contributed by atoms with E-state index in [1.165, 1.54) is 13.2 Å². The van der Waals surface area contributed by atoms with E-state index in [1.807, 2.05) is 0 Å². The second-order valence-corrected chi connectivity index (χ2v) is 8.42. The van der Waals surface area contributed by atoms with Crippen molar-refractivity contribution < 1.29 is 28.2 Å². The minimum atomic E-state index is -0.687. The monoisotopic (exact) mass is 494 g/mol. The highest BCUT2D eigenvalue weighted by molar-refractivity contribution is 6.42. The van der Waals surface area contributed by atoms with Gasteiger partial charge in [0, 0.05) is 11.5 Å². The Kier molecular flexibility index (Phi) is 5.55. The van der Waals surface area contributed by atoms with Gasteiger partial charge in [-0.2, -0.15) is 0 Å². The number of methoxy groups -OCH3 is 1. The average molecular weight is 495 g/mol. The van der Waals surface area contributed by atoms with E-state index in [0.717, 1.165) is 0 Å². The second-order valence-electron chi connectivity index (χ2n) is 7.61. The van der Waals surface area contributed by atoms with Crippen LogP contribution in [0.25, 0.3) is 17.0 Å².